The number of anilines is 1. The summed E-state index contributed by atoms with van der Waals surface area (Å²) in [5.41, 5.74) is 3.51. The van der Waals surface area contributed by atoms with E-state index in [1.54, 1.807) is 12.3 Å². The molecule has 0 saturated carbocycles. The molecule has 1 fully saturated rings. The number of rotatable bonds is 7. The highest BCUT2D eigenvalue weighted by molar-refractivity contribution is 7.99. The lowest BCUT2D eigenvalue weighted by molar-refractivity contribution is 0.239. The van der Waals surface area contributed by atoms with Crippen molar-refractivity contribution < 1.29 is 4.39 Å². The molecule has 3 N–H and O–H groups in total. The first-order valence-corrected chi connectivity index (χ1v) is 10.6. The van der Waals surface area contributed by atoms with Crippen LogP contribution in [0.4, 0.5) is 15.8 Å². The Morgan fingerprint density at radius 3 is 2.68 bits per heavy atom. The number of benzene rings is 2. The van der Waals surface area contributed by atoms with Gasteiger partial charge in [-0.3, -0.25) is 9.89 Å². The van der Waals surface area contributed by atoms with E-state index < -0.39 is 0 Å². The summed E-state index contributed by atoms with van der Waals surface area (Å²) in [6.07, 6.45) is 5.63. The highest BCUT2D eigenvalue weighted by Gasteiger charge is 2.22. The number of hydrogen-bond donors (Lipinski definition) is 2. The van der Waals surface area contributed by atoms with Gasteiger partial charge < -0.3 is 10.6 Å². The van der Waals surface area contributed by atoms with Crippen molar-refractivity contribution in [1.82, 2.24) is 4.90 Å². The van der Waals surface area contributed by atoms with Gasteiger partial charge in [-0.2, -0.15) is 5.10 Å². The first kappa shape index (κ1) is 20.4. The fourth-order valence-corrected chi connectivity index (χ4v) is 3.81. The minimum Gasteiger partial charge on any atom is -0.330 e. The van der Waals surface area contributed by atoms with Crippen molar-refractivity contribution >= 4 is 35.2 Å². The maximum absolute atomic E-state index is 13.9. The zero-order valence-corrected chi connectivity index (χ0v) is 16.8. The van der Waals surface area contributed by atoms with E-state index in [1.807, 2.05) is 36.6 Å². The van der Waals surface area contributed by atoms with Crippen LogP contribution in [0.2, 0.25) is 0 Å². The fraction of sp³-hybridized carbons (Fsp3) is 0.333. The molecule has 0 spiro atoms. The van der Waals surface area contributed by atoms with Gasteiger partial charge in [0.15, 0.2) is 0 Å². The Hall–Kier alpha value is -2.38. The van der Waals surface area contributed by atoms with Crippen molar-refractivity contribution in [1.29, 1.82) is 0 Å². The van der Waals surface area contributed by atoms with Crippen LogP contribution >= 0.6 is 11.9 Å². The van der Waals surface area contributed by atoms with Crippen LogP contribution < -0.4 is 10.6 Å². The van der Waals surface area contributed by atoms with Gasteiger partial charge in [-0.25, -0.2) is 4.39 Å². The summed E-state index contributed by atoms with van der Waals surface area (Å²) >= 11 is 1.47. The average molecular weight is 400 g/mol. The molecule has 28 heavy (non-hydrogen) atoms. The number of nitrogens with one attached hydrogen (secondary N) is 1. The SMILES string of the molecule is CSNc1cc(F)cc(C2CCN(CC(C=Nc3ccccc3)=NN)CC2)c1. The second-order valence-corrected chi connectivity index (χ2v) is 7.46. The van der Waals surface area contributed by atoms with Gasteiger partial charge in [-0.1, -0.05) is 30.1 Å². The molecule has 0 radical (unpaired) electrons. The van der Waals surface area contributed by atoms with Crippen LogP contribution in [0.5, 0.6) is 0 Å². The highest BCUT2D eigenvalue weighted by Crippen LogP contribution is 2.30. The van der Waals surface area contributed by atoms with Gasteiger partial charge in [0.2, 0.25) is 0 Å². The standard InChI is InChI=1S/C21H26FN5S/c1-28-26-20-12-17(11-18(22)13-20)16-7-9-27(10-8-16)15-21(25-23)14-24-19-5-3-2-4-6-19/h2-6,11-14,16,26H,7-10,15,23H2,1H3. The minimum absolute atomic E-state index is 0.189. The monoisotopic (exact) mass is 399 g/mol. The molecule has 148 valence electrons. The number of nitrogens with two attached hydrogens (primary N) is 1. The maximum atomic E-state index is 13.9. The lowest BCUT2D eigenvalue weighted by Crippen LogP contribution is -2.37. The minimum atomic E-state index is -0.189. The topological polar surface area (TPSA) is 66.0 Å². The number of hydrazone groups is 1. The normalized spacial score (nSPS) is 16.6. The van der Waals surface area contributed by atoms with Crippen LogP contribution in [0.3, 0.4) is 0 Å². The summed E-state index contributed by atoms with van der Waals surface area (Å²) in [6.45, 7) is 2.51. The molecule has 0 atom stereocenters. The quantitative estimate of drug-likeness (QED) is 0.313. The summed E-state index contributed by atoms with van der Waals surface area (Å²) in [7, 11) is 0. The molecular formula is C21H26FN5S. The molecule has 5 nitrogen and oxygen atoms in total. The lowest BCUT2D eigenvalue weighted by Gasteiger charge is -2.32. The van der Waals surface area contributed by atoms with E-state index >= 15 is 0 Å². The summed E-state index contributed by atoms with van der Waals surface area (Å²) in [5.74, 6) is 5.73. The molecule has 2 aromatic carbocycles. The smallest absolute Gasteiger partial charge is 0.125 e. The number of nitrogens with zero attached hydrogens (tertiary/aromatic N) is 3. The molecule has 0 amide bonds. The molecule has 0 aliphatic carbocycles. The van der Waals surface area contributed by atoms with Crippen molar-refractivity contribution in [3.05, 3.63) is 59.9 Å². The maximum Gasteiger partial charge on any atom is 0.125 e. The number of aliphatic imine (C=N–C) groups is 1. The predicted molar refractivity (Wildman–Crippen MR) is 118 cm³/mol. The van der Waals surface area contributed by atoms with Crippen LogP contribution in [0.1, 0.15) is 24.3 Å². The highest BCUT2D eigenvalue weighted by atomic mass is 32.2. The van der Waals surface area contributed by atoms with Gasteiger partial charge in [0, 0.05) is 18.5 Å². The molecular weight excluding hydrogens is 373 g/mol. The van der Waals surface area contributed by atoms with E-state index in [0.717, 1.165) is 48.6 Å². The Balaban J connectivity index is 1.55. The van der Waals surface area contributed by atoms with E-state index in [-0.39, 0.29) is 5.82 Å². The Morgan fingerprint density at radius 1 is 1.25 bits per heavy atom. The largest absolute Gasteiger partial charge is 0.330 e. The zero-order chi connectivity index (χ0) is 19.8. The second-order valence-electron chi connectivity index (χ2n) is 6.84. The van der Waals surface area contributed by atoms with Gasteiger partial charge in [-0.05, 0) is 67.7 Å². The average Bonchev–Trinajstić information content (AvgIpc) is 2.72. The van der Waals surface area contributed by atoms with Gasteiger partial charge in [0.25, 0.3) is 0 Å². The van der Waals surface area contributed by atoms with Crippen LogP contribution in [0.15, 0.2) is 58.6 Å². The lowest BCUT2D eigenvalue weighted by atomic mass is 9.89. The van der Waals surface area contributed by atoms with E-state index in [2.05, 4.69) is 25.8 Å². The zero-order valence-electron chi connectivity index (χ0n) is 16.0. The second kappa shape index (κ2) is 10.2. The summed E-state index contributed by atoms with van der Waals surface area (Å²) in [5, 5.41) is 3.88. The van der Waals surface area contributed by atoms with E-state index in [0.29, 0.717) is 12.5 Å². The first-order valence-electron chi connectivity index (χ1n) is 9.35. The van der Waals surface area contributed by atoms with E-state index in [1.165, 1.54) is 18.0 Å². The third-order valence-corrected chi connectivity index (χ3v) is 5.31. The molecule has 0 bridgehead atoms. The number of hydrogen-bond acceptors (Lipinski definition) is 6. The number of likely N-dealkylation sites (tertiary alicyclic amines) is 1. The van der Waals surface area contributed by atoms with Crippen molar-refractivity contribution in [2.75, 3.05) is 30.6 Å². The predicted octanol–water partition coefficient (Wildman–Crippen LogP) is 4.41. The molecule has 1 saturated heterocycles. The number of para-hydroxylation sites is 1. The fourth-order valence-electron chi connectivity index (χ4n) is 3.46. The van der Waals surface area contributed by atoms with E-state index in [4.69, 9.17) is 5.84 Å². The Kier molecular flexibility index (Phi) is 7.45. The summed E-state index contributed by atoms with van der Waals surface area (Å²) in [6, 6.07) is 15.0. The van der Waals surface area contributed by atoms with Crippen LogP contribution in [0.25, 0.3) is 0 Å². The molecule has 0 unspecified atom stereocenters. The third kappa shape index (κ3) is 5.81. The van der Waals surface area contributed by atoms with Gasteiger partial charge >= 0.3 is 0 Å². The van der Waals surface area contributed by atoms with Gasteiger partial charge in [0.1, 0.15) is 5.82 Å². The summed E-state index contributed by atoms with van der Waals surface area (Å²) in [4.78, 5) is 6.75. The molecule has 7 heteroatoms. The number of piperidine rings is 1. The van der Waals surface area contributed by atoms with Crippen molar-refractivity contribution in [3.63, 3.8) is 0 Å². The summed E-state index contributed by atoms with van der Waals surface area (Å²) < 4.78 is 17.0. The number of halogens is 1. The van der Waals surface area contributed by atoms with Gasteiger partial charge in [0.05, 0.1) is 17.6 Å². The van der Waals surface area contributed by atoms with Gasteiger partial charge in [-0.15, -0.1) is 0 Å². The van der Waals surface area contributed by atoms with E-state index in [9.17, 15) is 4.39 Å². The molecule has 1 aliphatic heterocycles. The Labute approximate surface area is 170 Å². The first-order chi connectivity index (χ1) is 13.7. The molecule has 1 heterocycles. The van der Waals surface area contributed by atoms with Crippen LogP contribution in [0, 0.1) is 5.82 Å². The molecule has 1 aliphatic rings. The van der Waals surface area contributed by atoms with Crippen LogP contribution in [-0.4, -0.2) is 42.7 Å². The van der Waals surface area contributed by atoms with Crippen molar-refractivity contribution in [2.45, 2.75) is 18.8 Å². The van der Waals surface area contributed by atoms with Crippen molar-refractivity contribution in [3.8, 4) is 0 Å². The van der Waals surface area contributed by atoms with Crippen LogP contribution in [-0.2, 0) is 0 Å². The molecule has 2 aromatic rings. The molecule has 3 rings (SSSR count). The third-order valence-electron chi connectivity index (χ3n) is 4.87. The molecule has 0 aromatic heterocycles. The Bertz CT molecular complexity index is 817. The van der Waals surface area contributed by atoms with Crippen molar-refractivity contribution in [2.24, 2.45) is 15.9 Å². The Morgan fingerprint density at radius 2 is 2.00 bits per heavy atom.